The Kier molecular flexibility index (Phi) is 4.30. The van der Waals surface area contributed by atoms with Gasteiger partial charge >= 0.3 is 0 Å². The van der Waals surface area contributed by atoms with Crippen molar-refractivity contribution in [2.75, 3.05) is 4.90 Å². The minimum Gasteiger partial charge on any atom is -0.326 e. The largest absolute Gasteiger partial charge is 0.326 e. The number of allylic oxidation sites excluding steroid dienone is 2. The van der Waals surface area contributed by atoms with Crippen molar-refractivity contribution in [3.8, 4) is 6.07 Å². The van der Waals surface area contributed by atoms with E-state index in [1.807, 2.05) is 47.4 Å². The number of nitrogens with zero attached hydrogens (tertiary/aromatic N) is 3. The van der Waals surface area contributed by atoms with Crippen LogP contribution in [-0.2, 0) is 0 Å². The van der Waals surface area contributed by atoms with Gasteiger partial charge in [0.15, 0.2) is 0 Å². The van der Waals surface area contributed by atoms with E-state index in [1.54, 1.807) is 12.1 Å². The minimum absolute atomic E-state index is 0.0706. The molecule has 0 N–H and O–H groups in total. The summed E-state index contributed by atoms with van der Waals surface area (Å²) in [7, 11) is 0. The third kappa shape index (κ3) is 2.99. The van der Waals surface area contributed by atoms with Crippen LogP contribution in [-0.4, -0.2) is 4.92 Å². The van der Waals surface area contributed by atoms with Crippen molar-refractivity contribution in [1.82, 2.24) is 0 Å². The van der Waals surface area contributed by atoms with Crippen LogP contribution in [0.3, 0.4) is 0 Å². The van der Waals surface area contributed by atoms with E-state index in [1.165, 1.54) is 6.07 Å². The second-order valence-electron chi connectivity index (χ2n) is 5.95. The van der Waals surface area contributed by atoms with Crippen LogP contribution in [0.15, 0.2) is 66.4 Å². The lowest BCUT2D eigenvalue weighted by Crippen LogP contribution is -2.32. The van der Waals surface area contributed by atoms with Crippen LogP contribution in [0.4, 0.5) is 11.4 Å². The molecule has 2 aromatic rings. The lowest BCUT2D eigenvalue weighted by atomic mass is 9.89. The molecule has 2 atom stereocenters. The molecule has 0 saturated heterocycles. The Morgan fingerprint density at radius 1 is 1.21 bits per heavy atom. The molecular weight excluding hydrogens is 302 g/mol. The third-order valence-electron chi connectivity index (χ3n) is 4.22. The summed E-state index contributed by atoms with van der Waals surface area (Å²) in [5, 5.41) is 20.7. The average molecular weight is 319 g/mol. The third-order valence-corrected chi connectivity index (χ3v) is 4.22. The van der Waals surface area contributed by atoms with E-state index in [0.29, 0.717) is 5.70 Å². The summed E-state index contributed by atoms with van der Waals surface area (Å²) >= 11 is 0. The first kappa shape index (κ1) is 15.8. The molecule has 0 saturated carbocycles. The topological polar surface area (TPSA) is 70.2 Å². The highest BCUT2D eigenvalue weighted by atomic mass is 16.6. The molecule has 0 radical (unpaired) electrons. The highest BCUT2D eigenvalue weighted by Crippen LogP contribution is 2.40. The number of benzene rings is 2. The molecule has 2 aromatic carbocycles. The lowest BCUT2D eigenvalue weighted by Gasteiger charge is -2.38. The van der Waals surface area contributed by atoms with Gasteiger partial charge in [-0.25, -0.2) is 0 Å². The van der Waals surface area contributed by atoms with Gasteiger partial charge in [0, 0.05) is 17.8 Å². The van der Waals surface area contributed by atoms with E-state index in [4.69, 9.17) is 0 Å². The van der Waals surface area contributed by atoms with Gasteiger partial charge in [-0.15, -0.1) is 0 Å². The molecule has 0 bridgehead atoms. The van der Waals surface area contributed by atoms with Gasteiger partial charge in [-0.05, 0) is 36.1 Å². The molecule has 120 valence electrons. The summed E-state index contributed by atoms with van der Waals surface area (Å²) in [6.07, 6.45) is 2.75. The number of para-hydroxylation sites is 1. The highest BCUT2D eigenvalue weighted by molar-refractivity contribution is 5.59. The van der Waals surface area contributed by atoms with Crippen LogP contribution in [0.25, 0.3) is 0 Å². The molecular formula is C19H17N3O2. The zero-order valence-corrected chi connectivity index (χ0v) is 13.3. The first-order valence-electron chi connectivity index (χ1n) is 7.80. The van der Waals surface area contributed by atoms with Gasteiger partial charge in [0.25, 0.3) is 5.69 Å². The predicted octanol–water partition coefficient (Wildman–Crippen LogP) is 4.59. The Hall–Kier alpha value is -3.13. The van der Waals surface area contributed by atoms with E-state index in [9.17, 15) is 15.4 Å². The average Bonchev–Trinajstić information content (AvgIpc) is 2.61. The molecule has 24 heavy (non-hydrogen) atoms. The van der Waals surface area contributed by atoms with E-state index in [2.05, 4.69) is 13.0 Å². The monoisotopic (exact) mass is 319 g/mol. The maximum atomic E-state index is 11.1. The summed E-state index contributed by atoms with van der Waals surface area (Å²) in [6, 6.07) is 18.5. The SMILES string of the molecule is C[C@H]1C=C(C#N)N(c2ccccc2)[C@H](c2cccc([N+](=O)[O-])c2)C1. The maximum Gasteiger partial charge on any atom is 0.269 e. The number of nitro benzene ring substituents is 1. The van der Waals surface area contributed by atoms with Crippen molar-refractivity contribution >= 4 is 11.4 Å². The summed E-state index contributed by atoms with van der Waals surface area (Å²) < 4.78 is 0. The molecule has 0 aromatic heterocycles. The Labute approximate surface area is 140 Å². The van der Waals surface area contributed by atoms with Crippen LogP contribution in [0.2, 0.25) is 0 Å². The van der Waals surface area contributed by atoms with Gasteiger partial charge in [0.1, 0.15) is 11.8 Å². The molecule has 5 heteroatoms. The van der Waals surface area contributed by atoms with Crippen molar-refractivity contribution < 1.29 is 4.92 Å². The second-order valence-corrected chi connectivity index (χ2v) is 5.95. The van der Waals surface area contributed by atoms with Gasteiger partial charge in [-0.3, -0.25) is 10.1 Å². The quantitative estimate of drug-likeness (QED) is 0.613. The predicted molar refractivity (Wildman–Crippen MR) is 92.2 cm³/mol. The fourth-order valence-electron chi connectivity index (χ4n) is 3.17. The second kappa shape index (κ2) is 6.55. The number of rotatable bonds is 3. The number of hydrogen-bond donors (Lipinski definition) is 0. The molecule has 0 unspecified atom stereocenters. The van der Waals surface area contributed by atoms with Gasteiger partial charge < -0.3 is 4.90 Å². The smallest absolute Gasteiger partial charge is 0.269 e. The van der Waals surface area contributed by atoms with Crippen LogP contribution < -0.4 is 4.90 Å². The molecule has 1 heterocycles. The summed E-state index contributed by atoms with van der Waals surface area (Å²) in [5.74, 6) is 0.226. The summed E-state index contributed by atoms with van der Waals surface area (Å²) in [6.45, 7) is 2.06. The van der Waals surface area contributed by atoms with E-state index in [0.717, 1.165) is 17.7 Å². The number of nitriles is 1. The van der Waals surface area contributed by atoms with Gasteiger partial charge in [0.2, 0.25) is 0 Å². The molecule has 5 nitrogen and oxygen atoms in total. The number of nitro groups is 1. The molecule has 1 aliphatic heterocycles. The van der Waals surface area contributed by atoms with Gasteiger partial charge in [-0.2, -0.15) is 5.26 Å². The molecule has 1 aliphatic rings. The number of non-ortho nitro benzene ring substituents is 1. The number of hydrogen-bond acceptors (Lipinski definition) is 4. The Bertz CT molecular complexity index is 824. The number of anilines is 1. The summed E-state index contributed by atoms with van der Waals surface area (Å²) in [5.41, 5.74) is 2.41. The van der Waals surface area contributed by atoms with E-state index >= 15 is 0 Å². The molecule has 0 fully saturated rings. The normalized spacial score (nSPS) is 20.2. The van der Waals surface area contributed by atoms with Crippen LogP contribution in [0.5, 0.6) is 0 Å². The highest BCUT2D eigenvalue weighted by Gasteiger charge is 2.30. The Balaban J connectivity index is 2.10. The zero-order valence-electron chi connectivity index (χ0n) is 13.3. The Morgan fingerprint density at radius 2 is 1.96 bits per heavy atom. The first-order valence-corrected chi connectivity index (χ1v) is 7.80. The van der Waals surface area contributed by atoms with Crippen molar-refractivity contribution in [2.24, 2.45) is 5.92 Å². The van der Waals surface area contributed by atoms with Crippen molar-refractivity contribution in [3.05, 3.63) is 82.0 Å². The summed E-state index contributed by atoms with van der Waals surface area (Å²) in [4.78, 5) is 12.7. The maximum absolute atomic E-state index is 11.1. The fourth-order valence-corrected chi connectivity index (χ4v) is 3.17. The van der Waals surface area contributed by atoms with Crippen LogP contribution in [0.1, 0.15) is 24.9 Å². The van der Waals surface area contributed by atoms with E-state index in [-0.39, 0.29) is 22.6 Å². The lowest BCUT2D eigenvalue weighted by molar-refractivity contribution is -0.384. The molecule has 3 rings (SSSR count). The molecule has 0 aliphatic carbocycles. The zero-order chi connectivity index (χ0) is 17.1. The Morgan fingerprint density at radius 3 is 2.62 bits per heavy atom. The van der Waals surface area contributed by atoms with Crippen LogP contribution >= 0.6 is 0 Å². The standard InChI is InChI=1S/C19H17N3O2/c1-14-10-18(13-20)21(16-7-3-2-4-8-16)19(11-14)15-6-5-9-17(12-15)22(23)24/h2-10,12,14,19H,11H2,1H3/t14-,19-/m0/s1. The van der Waals surface area contributed by atoms with Crippen LogP contribution in [0, 0.1) is 27.4 Å². The van der Waals surface area contributed by atoms with Crippen molar-refractivity contribution in [1.29, 1.82) is 5.26 Å². The van der Waals surface area contributed by atoms with Gasteiger partial charge in [0.05, 0.1) is 11.0 Å². The fraction of sp³-hybridized carbons (Fsp3) is 0.211. The van der Waals surface area contributed by atoms with Crippen molar-refractivity contribution in [3.63, 3.8) is 0 Å². The van der Waals surface area contributed by atoms with Crippen molar-refractivity contribution in [2.45, 2.75) is 19.4 Å². The first-order chi connectivity index (χ1) is 11.6. The minimum atomic E-state index is -0.385. The van der Waals surface area contributed by atoms with E-state index < -0.39 is 0 Å². The molecule has 0 amide bonds. The molecule has 0 spiro atoms. The van der Waals surface area contributed by atoms with Gasteiger partial charge in [-0.1, -0.05) is 37.3 Å².